The van der Waals surface area contributed by atoms with Gasteiger partial charge < -0.3 is 9.47 Å². The lowest BCUT2D eigenvalue weighted by Gasteiger charge is -2.09. The first-order chi connectivity index (χ1) is 17.4. The van der Waals surface area contributed by atoms with E-state index in [1.807, 2.05) is 97.9 Å². The molecule has 0 unspecified atom stereocenters. The van der Waals surface area contributed by atoms with E-state index in [0.717, 1.165) is 24.0 Å². The fourth-order valence-corrected chi connectivity index (χ4v) is 2.17. The van der Waals surface area contributed by atoms with Crippen LogP contribution in [0, 0.1) is 11.8 Å². The van der Waals surface area contributed by atoms with Gasteiger partial charge in [-0.3, -0.25) is 0 Å². The zero-order chi connectivity index (χ0) is 28.8. The lowest BCUT2D eigenvalue weighted by molar-refractivity contribution is 0.234. The summed E-state index contributed by atoms with van der Waals surface area (Å²) < 4.78 is 10.4. The molecule has 2 aliphatic heterocycles. The Balaban J connectivity index is -0.000000184. The van der Waals surface area contributed by atoms with Crippen LogP contribution in [0.15, 0.2) is 67.1 Å². The Kier molecular flexibility index (Phi) is 36.7. The van der Waals surface area contributed by atoms with Crippen LogP contribution in [-0.2, 0) is 17.8 Å². The van der Waals surface area contributed by atoms with Crippen LogP contribution < -0.4 is 4.74 Å². The number of hydrogen-bond acceptors (Lipinski definition) is 2. The minimum Gasteiger partial charge on any atom is -0.496 e. The van der Waals surface area contributed by atoms with E-state index in [2.05, 4.69) is 59.7 Å². The first-order valence-electron chi connectivity index (χ1n) is 14.2. The standard InChI is InChI=1S/2C9H8O.2C4H10.4C2H6/c1-2-6-9-8(4-1)5-3-7-10-9;1-2-4-9-7-10-6-5-8(9)3-1;2*1-4(2)3;4*1-2/h1-4,6-7H,5H2;1-6H,7H2;2*4H,1-3H3;4*1-2H3. The normalized spacial score (nSPS) is 10.4. The summed E-state index contributed by atoms with van der Waals surface area (Å²) >= 11 is 0. The van der Waals surface area contributed by atoms with Gasteiger partial charge in [-0.2, -0.15) is 0 Å². The van der Waals surface area contributed by atoms with Crippen molar-refractivity contribution < 1.29 is 9.47 Å². The molecule has 0 saturated carbocycles. The molecule has 2 heteroatoms. The van der Waals surface area contributed by atoms with Crippen LogP contribution >= 0.6 is 0 Å². The molecule has 0 aromatic heterocycles. The van der Waals surface area contributed by atoms with Crippen molar-refractivity contribution >= 4 is 6.08 Å². The second kappa shape index (κ2) is 32.5. The van der Waals surface area contributed by atoms with Gasteiger partial charge in [0.2, 0.25) is 0 Å². The maximum atomic E-state index is 5.24. The molecule has 0 amide bonds. The predicted molar refractivity (Wildman–Crippen MR) is 167 cm³/mol. The number of benzene rings is 2. The Morgan fingerprint density at radius 3 is 1.50 bits per heavy atom. The molecule has 0 bridgehead atoms. The van der Waals surface area contributed by atoms with Gasteiger partial charge in [0.05, 0.1) is 12.5 Å². The second-order valence-electron chi connectivity index (χ2n) is 8.08. The van der Waals surface area contributed by atoms with Crippen molar-refractivity contribution in [3.63, 3.8) is 0 Å². The summed E-state index contributed by atoms with van der Waals surface area (Å²) in [6.07, 6.45) is 8.47. The third-order valence-electron chi connectivity index (χ3n) is 3.24. The molecular weight excluding hydrogens is 440 g/mol. The van der Waals surface area contributed by atoms with Crippen LogP contribution in [0.5, 0.6) is 5.75 Å². The van der Waals surface area contributed by atoms with Crippen molar-refractivity contribution in [2.45, 2.75) is 110 Å². The highest BCUT2D eigenvalue weighted by Crippen LogP contribution is 2.21. The Labute approximate surface area is 226 Å². The molecule has 36 heavy (non-hydrogen) atoms. The zero-order valence-electron chi connectivity index (χ0n) is 26.3. The van der Waals surface area contributed by atoms with E-state index in [-0.39, 0.29) is 0 Å². The molecule has 2 aliphatic rings. The van der Waals surface area contributed by atoms with E-state index in [4.69, 9.17) is 9.47 Å². The quantitative estimate of drug-likeness (QED) is 0.358. The molecular formula is C34H60O2. The highest BCUT2D eigenvalue weighted by Gasteiger charge is 2.02. The van der Waals surface area contributed by atoms with Crippen molar-refractivity contribution in [2.24, 2.45) is 11.8 Å². The summed E-state index contributed by atoms with van der Waals surface area (Å²) in [6.45, 7) is 29.7. The molecule has 4 rings (SSSR count). The number of ether oxygens (including phenoxy) is 2. The molecule has 0 atom stereocenters. The van der Waals surface area contributed by atoms with Gasteiger partial charge in [0.15, 0.2) is 0 Å². The highest BCUT2D eigenvalue weighted by atomic mass is 16.5. The third kappa shape index (κ3) is 26.1. The summed E-state index contributed by atoms with van der Waals surface area (Å²) in [4.78, 5) is 0. The minimum absolute atomic E-state index is 0.715. The number of para-hydroxylation sites is 1. The maximum absolute atomic E-state index is 5.24. The van der Waals surface area contributed by atoms with Crippen molar-refractivity contribution in [1.82, 2.24) is 0 Å². The van der Waals surface area contributed by atoms with E-state index < -0.39 is 0 Å². The minimum atomic E-state index is 0.715. The lowest BCUT2D eigenvalue weighted by Crippen LogP contribution is -1.94. The SMILES string of the molecule is C1=COc2ccccc2C1.C1=Cc2ccccc2CO1.CC.CC.CC.CC.CC(C)C.CC(C)C. The summed E-state index contributed by atoms with van der Waals surface area (Å²) in [7, 11) is 0. The van der Waals surface area contributed by atoms with Crippen LogP contribution in [-0.4, -0.2) is 0 Å². The fraction of sp³-hybridized carbons (Fsp3) is 0.529. The van der Waals surface area contributed by atoms with Crippen molar-refractivity contribution in [2.75, 3.05) is 0 Å². The van der Waals surface area contributed by atoms with Gasteiger partial charge in [0.25, 0.3) is 0 Å². The Hall–Kier alpha value is -2.48. The van der Waals surface area contributed by atoms with Crippen LogP contribution in [0.4, 0.5) is 0 Å². The fourth-order valence-electron chi connectivity index (χ4n) is 2.17. The summed E-state index contributed by atoms with van der Waals surface area (Å²) in [5, 5.41) is 0. The number of fused-ring (bicyclic) bond motifs is 2. The van der Waals surface area contributed by atoms with Crippen LogP contribution in [0.1, 0.15) is 114 Å². The van der Waals surface area contributed by atoms with E-state index >= 15 is 0 Å². The van der Waals surface area contributed by atoms with Crippen molar-refractivity contribution in [3.8, 4) is 5.75 Å². The van der Waals surface area contributed by atoms with Gasteiger partial charge in [-0.25, -0.2) is 0 Å². The largest absolute Gasteiger partial charge is 0.496 e. The van der Waals surface area contributed by atoms with E-state index in [1.54, 1.807) is 12.5 Å². The molecule has 0 spiro atoms. The number of rotatable bonds is 0. The van der Waals surface area contributed by atoms with Crippen LogP contribution in [0.2, 0.25) is 0 Å². The van der Waals surface area contributed by atoms with Gasteiger partial charge in [-0.1, -0.05) is 139 Å². The summed E-state index contributed by atoms with van der Waals surface area (Å²) in [5.74, 6) is 2.66. The summed E-state index contributed by atoms with van der Waals surface area (Å²) in [5.41, 5.74) is 3.81. The second-order valence-corrected chi connectivity index (χ2v) is 8.08. The average molecular weight is 501 g/mol. The molecule has 0 fully saturated rings. The van der Waals surface area contributed by atoms with E-state index in [0.29, 0.717) is 6.61 Å². The highest BCUT2D eigenvalue weighted by molar-refractivity contribution is 5.53. The molecule has 2 aromatic carbocycles. The Bertz CT molecular complexity index is 689. The van der Waals surface area contributed by atoms with Gasteiger partial charge >= 0.3 is 0 Å². The molecule has 208 valence electrons. The first-order valence-corrected chi connectivity index (χ1v) is 14.2. The first kappa shape index (κ1) is 40.7. The molecule has 2 aromatic rings. The van der Waals surface area contributed by atoms with Crippen LogP contribution in [0.3, 0.4) is 0 Å². The predicted octanol–water partition coefficient (Wildman–Crippen LogP) is 11.8. The van der Waals surface area contributed by atoms with Gasteiger partial charge in [-0.15, -0.1) is 0 Å². The van der Waals surface area contributed by atoms with Crippen molar-refractivity contribution in [3.05, 3.63) is 83.8 Å². The summed E-state index contributed by atoms with van der Waals surface area (Å²) in [6, 6.07) is 16.3. The lowest BCUT2D eigenvalue weighted by atomic mass is 10.1. The molecule has 0 radical (unpaired) electrons. The molecule has 0 N–H and O–H groups in total. The van der Waals surface area contributed by atoms with Gasteiger partial charge in [-0.05, 0) is 53.2 Å². The van der Waals surface area contributed by atoms with E-state index in [9.17, 15) is 0 Å². The monoisotopic (exact) mass is 500 g/mol. The number of hydrogen-bond donors (Lipinski definition) is 0. The van der Waals surface area contributed by atoms with E-state index in [1.165, 1.54) is 16.7 Å². The smallest absolute Gasteiger partial charge is 0.130 e. The molecule has 0 saturated heterocycles. The maximum Gasteiger partial charge on any atom is 0.130 e. The Morgan fingerprint density at radius 2 is 1.03 bits per heavy atom. The van der Waals surface area contributed by atoms with Crippen molar-refractivity contribution in [1.29, 1.82) is 0 Å². The average Bonchev–Trinajstić information content (AvgIpc) is 2.93. The zero-order valence-corrected chi connectivity index (χ0v) is 26.3. The Morgan fingerprint density at radius 1 is 0.583 bits per heavy atom. The third-order valence-corrected chi connectivity index (χ3v) is 3.24. The van der Waals surface area contributed by atoms with Gasteiger partial charge in [0.1, 0.15) is 12.4 Å². The number of allylic oxidation sites excluding steroid dienone is 1. The molecule has 2 heterocycles. The van der Waals surface area contributed by atoms with Gasteiger partial charge in [0, 0.05) is 0 Å². The molecule has 2 nitrogen and oxygen atoms in total. The topological polar surface area (TPSA) is 18.5 Å². The van der Waals surface area contributed by atoms with Crippen LogP contribution in [0.25, 0.3) is 6.08 Å². The molecule has 0 aliphatic carbocycles.